The van der Waals surface area contributed by atoms with Crippen molar-refractivity contribution in [1.29, 1.82) is 0 Å². The van der Waals surface area contributed by atoms with Gasteiger partial charge in [-0.15, -0.1) is 12.3 Å². The Labute approximate surface area is 94.0 Å². The Kier molecular flexibility index (Phi) is 4.28. The Morgan fingerprint density at radius 2 is 2.44 bits per heavy atom. The van der Waals surface area contributed by atoms with Gasteiger partial charge in [-0.2, -0.15) is 0 Å². The largest absolute Gasteiger partial charge is 0.370 e. The minimum Gasteiger partial charge on any atom is -0.370 e. The molecule has 0 amide bonds. The smallest absolute Gasteiger partial charge is 0.287 e. The highest BCUT2D eigenvalue weighted by molar-refractivity contribution is 5.48. The summed E-state index contributed by atoms with van der Waals surface area (Å²) in [6, 6.07) is 1.50. The topological polar surface area (TPSA) is 68.1 Å². The number of terminal acetylenes is 1. The van der Waals surface area contributed by atoms with Crippen LogP contribution in [0.1, 0.15) is 18.4 Å². The van der Waals surface area contributed by atoms with Gasteiger partial charge in [0.1, 0.15) is 12.0 Å². The minimum atomic E-state index is -0.456. The van der Waals surface area contributed by atoms with Gasteiger partial charge in [0.2, 0.25) is 0 Å². The summed E-state index contributed by atoms with van der Waals surface area (Å²) in [4.78, 5) is 14.0. The Balaban J connectivity index is 2.62. The first-order valence-corrected chi connectivity index (χ1v) is 4.93. The van der Waals surface area contributed by atoms with E-state index in [9.17, 15) is 10.1 Å². The number of aryl methyl sites for hydroxylation is 1. The molecule has 5 nitrogen and oxygen atoms in total. The molecule has 0 saturated heterocycles. The van der Waals surface area contributed by atoms with Crippen LogP contribution in [0.4, 0.5) is 11.5 Å². The number of nitrogens with one attached hydrogen (secondary N) is 1. The van der Waals surface area contributed by atoms with E-state index in [2.05, 4.69) is 16.2 Å². The lowest BCUT2D eigenvalue weighted by molar-refractivity contribution is -0.385. The zero-order valence-electron chi connectivity index (χ0n) is 9.06. The Hall–Kier alpha value is -2.09. The van der Waals surface area contributed by atoms with Crippen LogP contribution in [-0.2, 0) is 0 Å². The second kappa shape index (κ2) is 5.71. The SMILES string of the molecule is C#CCCCNc1ncc([N+](=O)[O-])cc1C. The molecule has 0 saturated carbocycles. The lowest BCUT2D eigenvalue weighted by Gasteiger charge is -2.06. The summed E-state index contributed by atoms with van der Waals surface area (Å²) >= 11 is 0. The van der Waals surface area contributed by atoms with Crippen LogP contribution in [-0.4, -0.2) is 16.5 Å². The van der Waals surface area contributed by atoms with Crippen LogP contribution in [0.25, 0.3) is 0 Å². The molecule has 16 heavy (non-hydrogen) atoms. The molecule has 0 bridgehead atoms. The van der Waals surface area contributed by atoms with Crippen LogP contribution in [0, 0.1) is 29.4 Å². The molecule has 0 aromatic carbocycles. The van der Waals surface area contributed by atoms with E-state index >= 15 is 0 Å². The third-order valence-electron chi connectivity index (χ3n) is 2.06. The molecule has 1 rings (SSSR count). The molecule has 0 spiro atoms. The van der Waals surface area contributed by atoms with Crippen molar-refractivity contribution in [1.82, 2.24) is 4.98 Å². The van der Waals surface area contributed by atoms with Gasteiger partial charge in [-0.25, -0.2) is 4.98 Å². The van der Waals surface area contributed by atoms with Gasteiger partial charge in [0.25, 0.3) is 5.69 Å². The van der Waals surface area contributed by atoms with Crippen molar-refractivity contribution in [3.05, 3.63) is 27.9 Å². The molecule has 0 aliphatic carbocycles. The Morgan fingerprint density at radius 3 is 3.00 bits per heavy atom. The summed E-state index contributed by atoms with van der Waals surface area (Å²) in [5.74, 6) is 3.21. The van der Waals surface area contributed by atoms with Crippen LogP contribution in [0.3, 0.4) is 0 Å². The van der Waals surface area contributed by atoms with Crippen LogP contribution in [0.15, 0.2) is 12.3 Å². The highest BCUT2D eigenvalue weighted by Gasteiger charge is 2.08. The second-order valence-corrected chi connectivity index (χ2v) is 3.35. The standard InChI is InChI=1S/C11H13N3O2/c1-3-4-5-6-12-11-9(2)7-10(8-13-11)14(15)16/h1,7-8H,4-6H2,2H3,(H,12,13). The zero-order chi connectivity index (χ0) is 12.0. The number of nitrogens with zero attached hydrogens (tertiary/aromatic N) is 2. The molecule has 1 N–H and O–H groups in total. The van der Waals surface area contributed by atoms with E-state index in [0.29, 0.717) is 12.2 Å². The monoisotopic (exact) mass is 219 g/mol. The fraction of sp³-hybridized carbons (Fsp3) is 0.364. The van der Waals surface area contributed by atoms with E-state index in [1.54, 1.807) is 6.92 Å². The van der Waals surface area contributed by atoms with Gasteiger partial charge in [0.05, 0.1) is 4.92 Å². The summed E-state index contributed by atoms with van der Waals surface area (Å²) < 4.78 is 0. The summed E-state index contributed by atoms with van der Waals surface area (Å²) in [6.45, 7) is 2.50. The van der Waals surface area contributed by atoms with E-state index in [4.69, 9.17) is 6.42 Å². The molecule has 1 heterocycles. The molecule has 0 atom stereocenters. The average Bonchev–Trinajstić information content (AvgIpc) is 2.26. The van der Waals surface area contributed by atoms with E-state index in [1.807, 2.05) is 0 Å². The number of unbranched alkanes of at least 4 members (excludes halogenated alkanes) is 1. The number of nitro groups is 1. The highest BCUT2D eigenvalue weighted by atomic mass is 16.6. The van der Waals surface area contributed by atoms with Crippen LogP contribution < -0.4 is 5.32 Å². The molecule has 0 fully saturated rings. The number of hydrogen-bond acceptors (Lipinski definition) is 4. The minimum absolute atomic E-state index is 0.00618. The maximum Gasteiger partial charge on any atom is 0.287 e. The Bertz CT molecular complexity index is 424. The average molecular weight is 219 g/mol. The van der Waals surface area contributed by atoms with Crippen molar-refractivity contribution in [2.75, 3.05) is 11.9 Å². The van der Waals surface area contributed by atoms with Crippen molar-refractivity contribution >= 4 is 11.5 Å². The van der Waals surface area contributed by atoms with E-state index < -0.39 is 4.92 Å². The van der Waals surface area contributed by atoms with Gasteiger partial charge in [0.15, 0.2) is 0 Å². The summed E-state index contributed by atoms with van der Waals surface area (Å²) in [5.41, 5.74) is 0.765. The first-order chi connectivity index (χ1) is 7.65. The second-order valence-electron chi connectivity index (χ2n) is 3.35. The molecule has 1 aromatic heterocycles. The number of rotatable bonds is 5. The molecule has 1 aromatic rings. The van der Waals surface area contributed by atoms with Crippen LogP contribution >= 0.6 is 0 Å². The van der Waals surface area contributed by atoms with Crippen molar-refractivity contribution < 1.29 is 4.92 Å². The summed E-state index contributed by atoms with van der Waals surface area (Å²) in [6.07, 6.45) is 7.93. The highest BCUT2D eigenvalue weighted by Crippen LogP contribution is 2.17. The van der Waals surface area contributed by atoms with Crippen LogP contribution in [0.2, 0.25) is 0 Å². The lowest BCUT2D eigenvalue weighted by Crippen LogP contribution is -2.05. The maximum absolute atomic E-state index is 10.5. The van der Waals surface area contributed by atoms with Crippen molar-refractivity contribution in [3.8, 4) is 12.3 Å². The number of hydrogen-bond donors (Lipinski definition) is 1. The number of pyridine rings is 1. The summed E-state index contributed by atoms with van der Waals surface area (Å²) in [5, 5.41) is 13.6. The maximum atomic E-state index is 10.5. The molecule has 0 aliphatic heterocycles. The molecule has 0 aliphatic rings. The normalized spacial score (nSPS) is 9.50. The zero-order valence-corrected chi connectivity index (χ0v) is 9.06. The van der Waals surface area contributed by atoms with Crippen molar-refractivity contribution in [3.63, 3.8) is 0 Å². The molecule has 5 heteroatoms. The third kappa shape index (κ3) is 3.24. The van der Waals surface area contributed by atoms with Crippen molar-refractivity contribution in [2.24, 2.45) is 0 Å². The van der Waals surface area contributed by atoms with Gasteiger partial charge in [-0.3, -0.25) is 10.1 Å². The molecule has 84 valence electrons. The molecule has 0 unspecified atom stereocenters. The van der Waals surface area contributed by atoms with Gasteiger partial charge < -0.3 is 5.32 Å². The van der Waals surface area contributed by atoms with Gasteiger partial charge in [0, 0.05) is 19.0 Å². The van der Waals surface area contributed by atoms with Crippen LogP contribution in [0.5, 0.6) is 0 Å². The molecular weight excluding hydrogens is 206 g/mol. The lowest BCUT2D eigenvalue weighted by atomic mass is 10.2. The predicted molar refractivity (Wildman–Crippen MR) is 62.2 cm³/mol. The van der Waals surface area contributed by atoms with E-state index in [1.165, 1.54) is 12.3 Å². The fourth-order valence-corrected chi connectivity index (χ4v) is 1.24. The number of anilines is 1. The third-order valence-corrected chi connectivity index (χ3v) is 2.06. The van der Waals surface area contributed by atoms with Gasteiger partial charge >= 0.3 is 0 Å². The quantitative estimate of drug-likeness (QED) is 0.356. The van der Waals surface area contributed by atoms with Gasteiger partial charge in [-0.1, -0.05) is 0 Å². The first-order valence-electron chi connectivity index (χ1n) is 4.93. The Morgan fingerprint density at radius 1 is 1.69 bits per heavy atom. The van der Waals surface area contributed by atoms with Gasteiger partial charge in [-0.05, 0) is 18.9 Å². The summed E-state index contributed by atoms with van der Waals surface area (Å²) in [7, 11) is 0. The first kappa shape index (κ1) is 12.0. The predicted octanol–water partition coefficient (Wildman–Crippen LogP) is 2.12. The number of aromatic nitrogens is 1. The molecule has 0 radical (unpaired) electrons. The fourth-order valence-electron chi connectivity index (χ4n) is 1.24. The van der Waals surface area contributed by atoms with E-state index in [-0.39, 0.29) is 5.69 Å². The van der Waals surface area contributed by atoms with Crippen molar-refractivity contribution in [2.45, 2.75) is 19.8 Å². The molecular formula is C11H13N3O2. The van der Waals surface area contributed by atoms with E-state index in [0.717, 1.165) is 18.5 Å².